The Labute approximate surface area is 107 Å². The first-order valence-corrected chi connectivity index (χ1v) is 5.29. The van der Waals surface area contributed by atoms with Crippen molar-refractivity contribution < 1.29 is 17.9 Å². The zero-order valence-corrected chi connectivity index (χ0v) is 9.90. The van der Waals surface area contributed by atoms with Gasteiger partial charge in [-0.25, -0.2) is 9.97 Å². The van der Waals surface area contributed by atoms with Crippen LogP contribution in [0.25, 0.3) is 0 Å². The van der Waals surface area contributed by atoms with E-state index in [0.717, 1.165) is 18.2 Å². The third kappa shape index (κ3) is 3.12. The fraction of sp³-hybridized carbons (Fsp3) is 0.167. The van der Waals surface area contributed by atoms with Gasteiger partial charge < -0.3 is 10.5 Å². The smallest absolute Gasteiger partial charge is 0.416 e. The molecule has 0 bridgehead atoms. The molecule has 1 aromatic carbocycles. The summed E-state index contributed by atoms with van der Waals surface area (Å²) in [5.74, 6) is 0.338. The van der Waals surface area contributed by atoms with E-state index in [1.54, 1.807) is 13.0 Å². The molecular weight excluding hydrogens is 259 g/mol. The van der Waals surface area contributed by atoms with Gasteiger partial charge in [-0.15, -0.1) is 0 Å². The van der Waals surface area contributed by atoms with E-state index in [1.165, 1.54) is 6.33 Å². The van der Waals surface area contributed by atoms with Crippen LogP contribution >= 0.6 is 0 Å². The number of nitrogens with two attached hydrogens (primary N) is 1. The molecule has 0 unspecified atom stereocenters. The first kappa shape index (κ1) is 13.1. The van der Waals surface area contributed by atoms with Gasteiger partial charge in [0, 0.05) is 11.8 Å². The number of nitrogens with zero attached hydrogens (tertiary/aromatic N) is 2. The average molecular weight is 269 g/mol. The van der Waals surface area contributed by atoms with E-state index >= 15 is 0 Å². The van der Waals surface area contributed by atoms with Crippen molar-refractivity contribution in [2.45, 2.75) is 13.1 Å². The summed E-state index contributed by atoms with van der Waals surface area (Å²) in [6.07, 6.45) is -3.14. The van der Waals surface area contributed by atoms with Crippen LogP contribution in [0, 0.1) is 6.92 Å². The van der Waals surface area contributed by atoms with Gasteiger partial charge in [-0.3, -0.25) is 0 Å². The molecular formula is C12H10F3N3O. The summed E-state index contributed by atoms with van der Waals surface area (Å²) < 4.78 is 42.7. The third-order valence-electron chi connectivity index (χ3n) is 2.33. The molecule has 0 atom stereocenters. The Morgan fingerprint density at radius 2 is 1.89 bits per heavy atom. The van der Waals surface area contributed by atoms with Gasteiger partial charge in [0.05, 0.1) is 11.3 Å². The van der Waals surface area contributed by atoms with E-state index in [-0.39, 0.29) is 17.3 Å². The zero-order chi connectivity index (χ0) is 14.0. The number of ether oxygens (including phenoxy) is 1. The second-order valence-electron chi connectivity index (χ2n) is 3.85. The number of rotatable bonds is 2. The zero-order valence-electron chi connectivity index (χ0n) is 9.90. The summed E-state index contributed by atoms with van der Waals surface area (Å²) in [5.41, 5.74) is 5.28. The number of alkyl halides is 3. The van der Waals surface area contributed by atoms with Crippen LogP contribution in [-0.4, -0.2) is 9.97 Å². The highest BCUT2D eigenvalue weighted by Crippen LogP contribution is 2.34. The summed E-state index contributed by atoms with van der Waals surface area (Å²) in [6, 6.07) is 4.44. The molecule has 1 heterocycles. The van der Waals surface area contributed by atoms with Crippen molar-refractivity contribution in [1.82, 2.24) is 9.97 Å². The lowest BCUT2D eigenvalue weighted by molar-refractivity contribution is -0.137. The first-order valence-electron chi connectivity index (χ1n) is 5.29. The van der Waals surface area contributed by atoms with Crippen molar-refractivity contribution in [1.29, 1.82) is 0 Å². The highest BCUT2D eigenvalue weighted by Gasteiger charge is 2.31. The molecule has 2 rings (SSSR count). The standard InChI is InChI=1S/C12H10F3N3O/c1-7-4-11(18-6-17-7)19-10-3-2-8(5-9(10)16)12(13,14)15/h2-6H,16H2,1H3. The third-order valence-corrected chi connectivity index (χ3v) is 2.33. The summed E-state index contributed by atoms with van der Waals surface area (Å²) in [7, 11) is 0. The van der Waals surface area contributed by atoms with Gasteiger partial charge in [0.1, 0.15) is 6.33 Å². The average Bonchev–Trinajstić information content (AvgIpc) is 2.30. The number of halogens is 3. The van der Waals surface area contributed by atoms with Gasteiger partial charge in [0.15, 0.2) is 5.75 Å². The van der Waals surface area contributed by atoms with E-state index in [0.29, 0.717) is 5.69 Å². The van der Waals surface area contributed by atoms with Crippen molar-refractivity contribution in [2.75, 3.05) is 5.73 Å². The fourth-order valence-electron chi connectivity index (χ4n) is 1.42. The van der Waals surface area contributed by atoms with Gasteiger partial charge in [-0.05, 0) is 25.1 Å². The number of anilines is 1. The lowest BCUT2D eigenvalue weighted by atomic mass is 10.2. The van der Waals surface area contributed by atoms with Gasteiger partial charge in [0.25, 0.3) is 0 Å². The number of benzene rings is 1. The molecule has 2 aromatic rings. The predicted molar refractivity (Wildman–Crippen MR) is 62.7 cm³/mol. The van der Waals surface area contributed by atoms with Gasteiger partial charge in [-0.2, -0.15) is 13.2 Å². The summed E-state index contributed by atoms with van der Waals surface area (Å²) in [5, 5.41) is 0. The normalized spacial score (nSPS) is 11.4. The predicted octanol–water partition coefficient (Wildman–Crippen LogP) is 3.18. The molecule has 1 aromatic heterocycles. The maximum Gasteiger partial charge on any atom is 0.416 e. The highest BCUT2D eigenvalue weighted by molar-refractivity contribution is 5.55. The van der Waals surface area contributed by atoms with Crippen LogP contribution in [0.15, 0.2) is 30.6 Å². The lowest BCUT2D eigenvalue weighted by Crippen LogP contribution is -2.06. The molecule has 0 fully saturated rings. The second kappa shape index (κ2) is 4.75. The van der Waals surface area contributed by atoms with Crippen LogP contribution in [-0.2, 0) is 6.18 Å². The van der Waals surface area contributed by atoms with Gasteiger partial charge in [-0.1, -0.05) is 0 Å². The lowest BCUT2D eigenvalue weighted by Gasteiger charge is -2.11. The minimum Gasteiger partial charge on any atom is -0.437 e. The minimum atomic E-state index is -4.43. The van der Waals surface area contributed by atoms with Crippen molar-refractivity contribution in [3.8, 4) is 11.6 Å². The topological polar surface area (TPSA) is 61.0 Å². The van der Waals surface area contributed by atoms with Crippen molar-refractivity contribution in [3.05, 3.63) is 41.9 Å². The highest BCUT2D eigenvalue weighted by atomic mass is 19.4. The van der Waals surface area contributed by atoms with Crippen molar-refractivity contribution in [2.24, 2.45) is 0 Å². The summed E-state index contributed by atoms with van der Waals surface area (Å²) in [4.78, 5) is 7.72. The monoisotopic (exact) mass is 269 g/mol. The maximum atomic E-state index is 12.5. The van der Waals surface area contributed by atoms with Crippen LogP contribution in [0.1, 0.15) is 11.3 Å². The molecule has 0 aliphatic heterocycles. The summed E-state index contributed by atoms with van der Waals surface area (Å²) in [6.45, 7) is 1.74. The largest absolute Gasteiger partial charge is 0.437 e. The number of hydrogen-bond acceptors (Lipinski definition) is 4. The Balaban J connectivity index is 2.27. The number of aromatic nitrogens is 2. The van der Waals surface area contributed by atoms with Crippen LogP contribution in [0.4, 0.5) is 18.9 Å². The molecule has 100 valence electrons. The van der Waals surface area contributed by atoms with E-state index in [1.807, 2.05) is 0 Å². The Morgan fingerprint density at radius 3 is 2.47 bits per heavy atom. The van der Waals surface area contributed by atoms with Crippen LogP contribution in [0.3, 0.4) is 0 Å². The molecule has 4 nitrogen and oxygen atoms in total. The van der Waals surface area contributed by atoms with E-state index < -0.39 is 11.7 Å². The molecule has 0 amide bonds. The van der Waals surface area contributed by atoms with Crippen LogP contribution in [0.2, 0.25) is 0 Å². The fourth-order valence-corrected chi connectivity index (χ4v) is 1.42. The minimum absolute atomic E-state index is 0.105. The molecule has 7 heteroatoms. The number of hydrogen-bond donors (Lipinski definition) is 1. The van der Waals surface area contributed by atoms with E-state index in [2.05, 4.69) is 9.97 Å². The number of nitrogen functional groups attached to an aromatic ring is 1. The quantitative estimate of drug-likeness (QED) is 0.850. The second-order valence-corrected chi connectivity index (χ2v) is 3.85. The van der Waals surface area contributed by atoms with Gasteiger partial charge >= 0.3 is 6.18 Å². The Bertz CT molecular complexity index is 599. The van der Waals surface area contributed by atoms with E-state index in [9.17, 15) is 13.2 Å². The van der Waals surface area contributed by atoms with Crippen LogP contribution < -0.4 is 10.5 Å². The van der Waals surface area contributed by atoms with Crippen LogP contribution in [0.5, 0.6) is 11.6 Å². The van der Waals surface area contributed by atoms with E-state index in [4.69, 9.17) is 10.5 Å². The first-order chi connectivity index (χ1) is 8.86. The SMILES string of the molecule is Cc1cc(Oc2ccc(C(F)(F)F)cc2N)ncn1. The molecule has 0 saturated heterocycles. The molecule has 0 saturated carbocycles. The molecule has 19 heavy (non-hydrogen) atoms. The number of aryl methyl sites for hydroxylation is 1. The summed E-state index contributed by atoms with van der Waals surface area (Å²) >= 11 is 0. The van der Waals surface area contributed by atoms with Gasteiger partial charge in [0.2, 0.25) is 5.88 Å². The Kier molecular flexibility index (Phi) is 3.28. The molecule has 2 N–H and O–H groups in total. The maximum absolute atomic E-state index is 12.5. The van der Waals surface area contributed by atoms with Crippen molar-refractivity contribution >= 4 is 5.69 Å². The molecule has 0 spiro atoms. The molecule has 0 radical (unpaired) electrons. The molecule has 0 aliphatic rings. The Morgan fingerprint density at radius 1 is 1.16 bits per heavy atom. The molecule has 0 aliphatic carbocycles. The Hall–Kier alpha value is -2.31. The van der Waals surface area contributed by atoms with Crippen molar-refractivity contribution in [3.63, 3.8) is 0 Å².